The average molecular weight is 524 g/mol. The fourth-order valence-electron chi connectivity index (χ4n) is 4.86. The Kier molecular flexibility index (Phi) is 8.52. The Morgan fingerprint density at radius 3 is 2.65 bits per heavy atom. The van der Waals surface area contributed by atoms with Gasteiger partial charge in [-0.25, -0.2) is 13.2 Å². The van der Waals surface area contributed by atoms with Gasteiger partial charge in [0.05, 0.1) is 23.1 Å². The van der Waals surface area contributed by atoms with E-state index in [4.69, 9.17) is 14.7 Å². The molecule has 0 spiro atoms. The molecule has 0 N–H and O–H groups in total. The summed E-state index contributed by atoms with van der Waals surface area (Å²) in [4.78, 5) is 15.9. The van der Waals surface area contributed by atoms with Crippen LogP contribution < -0.4 is 4.74 Å². The molecule has 2 heterocycles. The Hall–Kier alpha value is -3.35. The standard InChI is InChI=1S/C28H33N3O5S/c1-3-13-35-28(32)31-18-27(19-31)37(33,34)26-9-7-25(8-10-26)36-20-24-14-21(2)30(17-24)12-11-22-5-4-6-23(15-22)16-29/h3-10,15,21,24,27H,1,11-14,17-20H2,2H3/t21-,24+/m1/s1. The van der Waals surface area contributed by atoms with Gasteiger partial charge in [-0.05, 0) is 61.7 Å². The van der Waals surface area contributed by atoms with Gasteiger partial charge in [0.2, 0.25) is 0 Å². The highest BCUT2D eigenvalue weighted by atomic mass is 32.2. The maximum atomic E-state index is 12.9. The van der Waals surface area contributed by atoms with Crippen molar-refractivity contribution in [1.29, 1.82) is 5.26 Å². The summed E-state index contributed by atoms with van der Waals surface area (Å²) in [5.74, 6) is 1.03. The third-order valence-electron chi connectivity index (χ3n) is 7.04. The van der Waals surface area contributed by atoms with Crippen LogP contribution in [0.1, 0.15) is 24.5 Å². The largest absolute Gasteiger partial charge is 0.493 e. The van der Waals surface area contributed by atoms with Crippen LogP contribution in [-0.4, -0.2) is 75.0 Å². The summed E-state index contributed by atoms with van der Waals surface area (Å²) in [5.41, 5.74) is 1.86. The van der Waals surface area contributed by atoms with Crippen LogP contribution in [0.5, 0.6) is 5.75 Å². The van der Waals surface area contributed by atoms with Crippen LogP contribution in [0.4, 0.5) is 4.79 Å². The molecular weight excluding hydrogens is 490 g/mol. The van der Waals surface area contributed by atoms with Gasteiger partial charge in [-0.15, -0.1) is 0 Å². The van der Waals surface area contributed by atoms with E-state index in [2.05, 4.69) is 30.5 Å². The Balaban J connectivity index is 1.23. The number of amides is 1. The summed E-state index contributed by atoms with van der Waals surface area (Å²) in [6.45, 7) is 8.51. The minimum atomic E-state index is -3.53. The molecule has 4 rings (SSSR count). The van der Waals surface area contributed by atoms with Crippen molar-refractivity contribution in [3.8, 4) is 11.8 Å². The second kappa shape index (κ2) is 11.8. The smallest absolute Gasteiger partial charge is 0.410 e. The molecule has 2 aliphatic rings. The number of hydrogen-bond acceptors (Lipinski definition) is 7. The zero-order valence-electron chi connectivity index (χ0n) is 21.1. The van der Waals surface area contributed by atoms with Gasteiger partial charge in [0.1, 0.15) is 17.6 Å². The predicted octanol–water partition coefficient (Wildman–Crippen LogP) is 3.67. The molecule has 37 heavy (non-hydrogen) atoms. The van der Waals surface area contributed by atoms with Crippen molar-refractivity contribution in [1.82, 2.24) is 9.80 Å². The van der Waals surface area contributed by atoms with E-state index in [1.165, 1.54) is 16.5 Å². The van der Waals surface area contributed by atoms with Crippen molar-refractivity contribution in [3.63, 3.8) is 0 Å². The molecule has 2 aromatic carbocycles. The Bertz CT molecular complexity index is 1250. The Labute approximate surface area is 219 Å². The molecule has 0 radical (unpaired) electrons. The van der Waals surface area contributed by atoms with Crippen LogP contribution in [0.2, 0.25) is 0 Å². The van der Waals surface area contributed by atoms with Crippen molar-refractivity contribution in [3.05, 3.63) is 72.3 Å². The molecular formula is C28H33N3O5S. The van der Waals surface area contributed by atoms with Crippen LogP contribution in [0.25, 0.3) is 0 Å². The molecule has 8 nitrogen and oxygen atoms in total. The number of sulfone groups is 1. The van der Waals surface area contributed by atoms with Gasteiger partial charge in [0.25, 0.3) is 0 Å². The normalized spacial score (nSPS) is 20.2. The SMILES string of the molecule is C=CCOC(=O)N1CC(S(=O)(=O)c2ccc(OC[C@H]3C[C@@H](C)N(CCc4cccc(C#N)c4)C3)cc2)C1. The number of benzene rings is 2. The number of nitrogens with zero attached hydrogens (tertiary/aromatic N) is 3. The molecule has 0 aliphatic carbocycles. The first-order valence-electron chi connectivity index (χ1n) is 12.5. The summed E-state index contributed by atoms with van der Waals surface area (Å²) < 4.78 is 36.7. The number of nitriles is 1. The predicted molar refractivity (Wildman–Crippen MR) is 140 cm³/mol. The van der Waals surface area contributed by atoms with Gasteiger partial charge in [-0.1, -0.05) is 24.8 Å². The maximum absolute atomic E-state index is 12.9. The van der Waals surface area contributed by atoms with Crippen LogP contribution in [0.15, 0.2) is 66.1 Å². The van der Waals surface area contributed by atoms with Crippen molar-refractivity contribution in [2.24, 2.45) is 5.92 Å². The number of ether oxygens (including phenoxy) is 2. The molecule has 2 atom stereocenters. The molecule has 2 aromatic rings. The summed E-state index contributed by atoms with van der Waals surface area (Å²) in [6, 6.07) is 16.9. The number of carbonyl (C=O) groups is 1. The van der Waals surface area contributed by atoms with Gasteiger partial charge in [-0.2, -0.15) is 5.26 Å². The zero-order valence-corrected chi connectivity index (χ0v) is 21.9. The first-order valence-corrected chi connectivity index (χ1v) is 14.1. The molecule has 2 aliphatic heterocycles. The zero-order chi connectivity index (χ0) is 26.4. The number of hydrogen-bond donors (Lipinski definition) is 0. The molecule has 2 saturated heterocycles. The first kappa shape index (κ1) is 26.7. The van der Waals surface area contributed by atoms with E-state index in [1.807, 2.05) is 18.2 Å². The highest BCUT2D eigenvalue weighted by molar-refractivity contribution is 7.92. The second-order valence-corrected chi connectivity index (χ2v) is 12.0. The minimum absolute atomic E-state index is 0.101. The van der Waals surface area contributed by atoms with E-state index in [1.54, 1.807) is 24.3 Å². The van der Waals surface area contributed by atoms with Crippen LogP contribution in [0.3, 0.4) is 0 Å². The monoisotopic (exact) mass is 523 g/mol. The molecule has 0 aromatic heterocycles. The lowest BCUT2D eigenvalue weighted by atomic mass is 10.1. The van der Waals surface area contributed by atoms with Gasteiger partial charge in [-0.3, -0.25) is 4.90 Å². The van der Waals surface area contributed by atoms with Gasteiger partial charge in [0.15, 0.2) is 9.84 Å². The fraction of sp³-hybridized carbons (Fsp3) is 0.429. The lowest BCUT2D eigenvalue weighted by Gasteiger charge is -2.37. The third-order valence-corrected chi connectivity index (χ3v) is 9.15. The molecule has 1 amide bonds. The van der Waals surface area contributed by atoms with Crippen LogP contribution in [0, 0.1) is 17.2 Å². The number of rotatable bonds is 10. The number of likely N-dealkylation sites (tertiary alicyclic amines) is 2. The summed E-state index contributed by atoms with van der Waals surface area (Å²) in [6.07, 6.45) is 2.89. The molecule has 0 bridgehead atoms. The van der Waals surface area contributed by atoms with E-state index in [0.717, 1.165) is 25.9 Å². The van der Waals surface area contributed by atoms with Crippen LogP contribution >= 0.6 is 0 Å². The van der Waals surface area contributed by atoms with E-state index in [-0.39, 0.29) is 24.6 Å². The molecule has 196 valence electrons. The van der Waals surface area contributed by atoms with E-state index >= 15 is 0 Å². The molecule has 9 heteroatoms. The quantitative estimate of drug-likeness (QED) is 0.438. The lowest BCUT2D eigenvalue weighted by molar-refractivity contribution is 0.0908. The minimum Gasteiger partial charge on any atom is -0.493 e. The maximum Gasteiger partial charge on any atom is 0.410 e. The topological polar surface area (TPSA) is 99.9 Å². The van der Waals surface area contributed by atoms with E-state index < -0.39 is 21.2 Å². The van der Waals surface area contributed by atoms with Crippen molar-refractivity contribution in [2.75, 3.05) is 39.4 Å². The fourth-order valence-corrected chi connectivity index (χ4v) is 6.51. The van der Waals surface area contributed by atoms with Gasteiger partial charge < -0.3 is 14.4 Å². The second-order valence-electron chi connectivity index (χ2n) is 9.73. The molecule has 2 fully saturated rings. The Morgan fingerprint density at radius 1 is 1.19 bits per heavy atom. The third kappa shape index (κ3) is 6.51. The first-order chi connectivity index (χ1) is 17.8. The number of carbonyl (C=O) groups excluding carboxylic acids is 1. The van der Waals surface area contributed by atoms with Crippen molar-refractivity contribution >= 4 is 15.9 Å². The van der Waals surface area contributed by atoms with Crippen molar-refractivity contribution in [2.45, 2.75) is 36.0 Å². The summed E-state index contributed by atoms with van der Waals surface area (Å²) in [7, 11) is -3.53. The van der Waals surface area contributed by atoms with Gasteiger partial charge in [0, 0.05) is 38.1 Å². The Morgan fingerprint density at radius 2 is 1.95 bits per heavy atom. The molecule has 0 unspecified atom stereocenters. The highest BCUT2D eigenvalue weighted by Gasteiger charge is 2.41. The van der Waals surface area contributed by atoms with Crippen molar-refractivity contribution < 1.29 is 22.7 Å². The average Bonchev–Trinajstić information content (AvgIpc) is 3.23. The highest BCUT2D eigenvalue weighted by Crippen LogP contribution is 2.27. The van der Waals surface area contributed by atoms with E-state index in [9.17, 15) is 13.2 Å². The van der Waals surface area contributed by atoms with Crippen LogP contribution in [-0.2, 0) is 21.0 Å². The lowest BCUT2D eigenvalue weighted by Crippen LogP contribution is -2.56. The summed E-state index contributed by atoms with van der Waals surface area (Å²) in [5, 5.41) is 8.46. The van der Waals surface area contributed by atoms with Gasteiger partial charge >= 0.3 is 6.09 Å². The van der Waals surface area contributed by atoms with E-state index in [0.29, 0.717) is 29.9 Å². The molecule has 0 saturated carbocycles. The summed E-state index contributed by atoms with van der Waals surface area (Å²) >= 11 is 0.